The quantitative estimate of drug-likeness (QED) is 0.622. The van der Waals surface area contributed by atoms with Gasteiger partial charge in [-0.1, -0.05) is 40.2 Å². The number of para-hydroxylation sites is 1. The first-order chi connectivity index (χ1) is 13.0. The summed E-state index contributed by atoms with van der Waals surface area (Å²) in [5.41, 5.74) is 1.48. The van der Waals surface area contributed by atoms with Crippen molar-refractivity contribution in [2.24, 2.45) is 0 Å². The van der Waals surface area contributed by atoms with Crippen molar-refractivity contribution < 1.29 is 19.1 Å². The SMILES string of the molecule is CCOC(=O)c1ccc(COC(=O)c2cc(=O)[nH]c3ccccc23)c(Br)c1. The minimum Gasteiger partial charge on any atom is -0.462 e. The molecule has 3 rings (SSSR count). The summed E-state index contributed by atoms with van der Waals surface area (Å²) in [4.78, 5) is 38.7. The lowest BCUT2D eigenvalue weighted by Gasteiger charge is -2.10. The molecule has 3 aromatic rings. The van der Waals surface area contributed by atoms with Crippen molar-refractivity contribution in [1.29, 1.82) is 0 Å². The van der Waals surface area contributed by atoms with Gasteiger partial charge in [0.05, 0.1) is 17.7 Å². The third-order valence-electron chi connectivity index (χ3n) is 3.89. The zero-order valence-corrected chi connectivity index (χ0v) is 16.0. The number of aromatic nitrogens is 1. The van der Waals surface area contributed by atoms with Crippen LogP contribution in [0.2, 0.25) is 0 Å². The van der Waals surface area contributed by atoms with E-state index in [1.165, 1.54) is 6.07 Å². The van der Waals surface area contributed by atoms with E-state index in [4.69, 9.17) is 9.47 Å². The van der Waals surface area contributed by atoms with Gasteiger partial charge >= 0.3 is 11.9 Å². The van der Waals surface area contributed by atoms with Gasteiger partial charge in [-0.2, -0.15) is 0 Å². The van der Waals surface area contributed by atoms with Crippen LogP contribution in [0.1, 0.15) is 33.2 Å². The normalized spacial score (nSPS) is 10.6. The highest BCUT2D eigenvalue weighted by molar-refractivity contribution is 9.10. The molecular formula is C20H16BrNO5. The number of hydrogen-bond acceptors (Lipinski definition) is 5. The van der Waals surface area contributed by atoms with Gasteiger partial charge in [0.2, 0.25) is 5.56 Å². The molecule has 0 bridgehead atoms. The summed E-state index contributed by atoms with van der Waals surface area (Å²) in [6.07, 6.45) is 0. The van der Waals surface area contributed by atoms with Gasteiger partial charge in [0.1, 0.15) is 6.61 Å². The number of carbonyl (C=O) groups excluding carboxylic acids is 2. The molecule has 0 atom stereocenters. The lowest BCUT2D eigenvalue weighted by atomic mass is 10.1. The number of hydrogen-bond donors (Lipinski definition) is 1. The highest BCUT2D eigenvalue weighted by Gasteiger charge is 2.15. The maximum Gasteiger partial charge on any atom is 0.339 e. The number of aromatic amines is 1. The maximum absolute atomic E-state index is 12.5. The van der Waals surface area contributed by atoms with E-state index in [0.717, 1.165) is 0 Å². The number of pyridine rings is 1. The number of rotatable bonds is 5. The van der Waals surface area contributed by atoms with E-state index in [-0.39, 0.29) is 17.7 Å². The largest absolute Gasteiger partial charge is 0.462 e. The minimum absolute atomic E-state index is 0.0103. The molecule has 0 saturated carbocycles. The van der Waals surface area contributed by atoms with Crippen LogP contribution >= 0.6 is 15.9 Å². The van der Waals surface area contributed by atoms with Gasteiger partial charge < -0.3 is 14.5 Å². The van der Waals surface area contributed by atoms with Crippen molar-refractivity contribution in [2.45, 2.75) is 13.5 Å². The van der Waals surface area contributed by atoms with Gasteiger partial charge in [-0.15, -0.1) is 0 Å². The summed E-state index contributed by atoms with van der Waals surface area (Å²) in [6.45, 7) is 2.02. The Balaban J connectivity index is 1.79. The van der Waals surface area contributed by atoms with Crippen LogP contribution in [0.5, 0.6) is 0 Å². The summed E-state index contributed by atoms with van der Waals surface area (Å²) in [6, 6.07) is 13.1. The van der Waals surface area contributed by atoms with E-state index in [1.807, 2.05) is 0 Å². The number of esters is 2. The third-order valence-corrected chi connectivity index (χ3v) is 4.63. The average molecular weight is 430 g/mol. The monoisotopic (exact) mass is 429 g/mol. The first-order valence-corrected chi connectivity index (χ1v) is 9.03. The van der Waals surface area contributed by atoms with Gasteiger partial charge in [-0.3, -0.25) is 4.79 Å². The number of benzene rings is 2. The molecule has 1 heterocycles. The number of nitrogens with one attached hydrogen (secondary N) is 1. The molecule has 27 heavy (non-hydrogen) atoms. The van der Waals surface area contributed by atoms with Crippen molar-refractivity contribution in [3.8, 4) is 0 Å². The molecule has 0 saturated heterocycles. The van der Waals surface area contributed by atoms with E-state index >= 15 is 0 Å². The van der Waals surface area contributed by atoms with Gasteiger partial charge in [-0.05, 0) is 25.1 Å². The van der Waals surface area contributed by atoms with Crippen LogP contribution in [0.25, 0.3) is 10.9 Å². The molecule has 1 N–H and O–H groups in total. The summed E-state index contributed by atoms with van der Waals surface area (Å²) >= 11 is 3.37. The fourth-order valence-electron chi connectivity index (χ4n) is 2.60. The van der Waals surface area contributed by atoms with E-state index in [2.05, 4.69) is 20.9 Å². The molecular weight excluding hydrogens is 414 g/mol. The van der Waals surface area contributed by atoms with Gasteiger partial charge in [0.25, 0.3) is 0 Å². The summed E-state index contributed by atoms with van der Waals surface area (Å²) in [5.74, 6) is -1.02. The molecule has 138 valence electrons. The lowest BCUT2D eigenvalue weighted by Crippen LogP contribution is -2.13. The second kappa shape index (κ2) is 8.18. The average Bonchev–Trinajstić information content (AvgIpc) is 2.66. The molecule has 0 aliphatic heterocycles. The first kappa shape index (κ1) is 18.8. The molecule has 0 aliphatic rings. The molecule has 0 unspecified atom stereocenters. The van der Waals surface area contributed by atoms with Crippen LogP contribution < -0.4 is 5.56 Å². The molecule has 0 fully saturated rings. The van der Waals surface area contributed by atoms with E-state index in [1.54, 1.807) is 49.4 Å². The molecule has 7 heteroatoms. The van der Waals surface area contributed by atoms with Crippen molar-refractivity contribution in [1.82, 2.24) is 4.98 Å². The molecule has 0 radical (unpaired) electrons. The number of halogens is 1. The Hall–Kier alpha value is -2.93. The summed E-state index contributed by atoms with van der Waals surface area (Å²) in [5, 5.41) is 0.610. The standard InChI is InChI=1S/C20H16BrNO5/c1-2-26-19(24)12-7-8-13(16(21)9-12)11-27-20(25)15-10-18(23)22-17-6-4-3-5-14(15)17/h3-10H,2,11H2,1H3,(H,22,23). The smallest absolute Gasteiger partial charge is 0.339 e. The molecule has 0 aliphatic carbocycles. The summed E-state index contributed by atoms with van der Waals surface area (Å²) in [7, 11) is 0. The predicted molar refractivity (Wildman–Crippen MR) is 104 cm³/mol. The minimum atomic E-state index is -0.598. The van der Waals surface area contributed by atoms with Crippen LogP contribution in [0.4, 0.5) is 0 Å². The second-order valence-corrected chi connectivity index (χ2v) is 6.55. The molecule has 1 aromatic heterocycles. The number of carbonyl (C=O) groups is 2. The zero-order chi connectivity index (χ0) is 19.4. The third kappa shape index (κ3) is 4.25. The van der Waals surface area contributed by atoms with Crippen molar-refractivity contribution >= 4 is 38.8 Å². The van der Waals surface area contributed by atoms with Crippen molar-refractivity contribution in [3.05, 3.63) is 80.0 Å². The lowest BCUT2D eigenvalue weighted by molar-refractivity contribution is 0.0470. The zero-order valence-electron chi connectivity index (χ0n) is 14.5. The Morgan fingerprint density at radius 2 is 1.81 bits per heavy atom. The number of ether oxygens (including phenoxy) is 2. The van der Waals surface area contributed by atoms with Gasteiger partial charge in [0, 0.05) is 27.0 Å². The first-order valence-electron chi connectivity index (χ1n) is 8.24. The Morgan fingerprint density at radius 3 is 2.56 bits per heavy atom. The number of fused-ring (bicyclic) bond motifs is 1. The van der Waals surface area contributed by atoms with Crippen molar-refractivity contribution in [3.63, 3.8) is 0 Å². The Bertz CT molecular complexity index is 1070. The Labute approximate surface area is 163 Å². The Kier molecular flexibility index (Phi) is 5.71. The van der Waals surface area contributed by atoms with Crippen LogP contribution in [-0.4, -0.2) is 23.5 Å². The highest BCUT2D eigenvalue weighted by atomic mass is 79.9. The van der Waals surface area contributed by atoms with Crippen molar-refractivity contribution in [2.75, 3.05) is 6.61 Å². The van der Waals surface area contributed by atoms with E-state index in [0.29, 0.717) is 33.1 Å². The topological polar surface area (TPSA) is 85.5 Å². The van der Waals surface area contributed by atoms with Crippen LogP contribution in [-0.2, 0) is 16.1 Å². The predicted octanol–water partition coefficient (Wildman–Crippen LogP) is 3.82. The number of H-pyrrole nitrogens is 1. The fraction of sp³-hybridized carbons (Fsp3) is 0.150. The fourth-order valence-corrected chi connectivity index (χ4v) is 3.09. The van der Waals surface area contributed by atoms with Crippen LogP contribution in [0.15, 0.2) is 57.8 Å². The van der Waals surface area contributed by atoms with E-state index in [9.17, 15) is 14.4 Å². The second-order valence-electron chi connectivity index (χ2n) is 5.70. The molecule has 6 nitrogen and oxygen atoms in total. The van der Waals surface area contributed by atoms with Crippen LogP contribution in [0.3, 0.4) is 0 Å². The summed E-state index contributed by atoms with van der Waals surface area (Å²) < 4.78 is 10.9. The molecule has 2 aromatic carbocycles. The van der Waals surface area contributed by atoms with Crippen LogP contribution in [0, 0.1) is 0 Å². The molecule has 0 amide bonds. The maximum atomic E-state index is 12.5. The highest BCUT2D eigenvalue weighted by Crippen LogP contribution is 2.21. The van der Waals surface area contributed by atoms with E-state index < -0.39 is 11.9 Å². The van der Waals surface area contributed by atoms with Gasteiger partial charge in [-0.25, -0.2) is 9.59 Å². The molecule has 0 spiro atoms. The van der Waals surface area contributed by atoms with Gasteiger partial charge in [0.15, 0.2) is 0 Å². The Morgan fingerprint density at radius 1 is 1.04 bits per heavy atom.